The molecule has 1 saturated carbocycles. The van der Waals surface area contributed by atoms with Crippen LogP contribution >= 0.6 is 0 Å². The summed E-state index contributed by atoms with van der Waals surface area (Å²) in [6.45, 7) is 5.86. The average molecular weight is 286 g/mol. The van der Waals surface area contributed by atoms with Crippen LogP contribution in [0.25, 0.3) is 0 Å². The van der Waals surface area contributed by atoms with E-state index in [1.807, 2.05) is 21.0 Å². The van der Waals surface area contributed by atoms with E-state index in [-0.39, 0.29) is 11.9 Å². The first-order chi connectivity index (χ1) is 9.38. The lowest BCUT2D eigenvalue weighted by Gasteiger charge is -2.35. The number of carbonyl (C=O) groups is 1. The fraction of sp³-hybridized carbons (Fsp3) is 0.933. The monoisotopic (exact) mass is 286 g/mol. The third-order valence-corrected chi connectivity index (χ3v) is 4.31. The summed E-state index contributed by atoms with van der Waals surface area (Å²) in [6.07, 6.45) is 2.78. The fourth-order valence-electron chi connectivity index (χ4n) is 2.52. The Hall–Kier alpha value is -0.650. The third kappa shape index (κ3) is 5.38. The van der Waals surface area contributed by atoms with Gasteiger partial charge in [0.25, 0.3) is 0 Å². The first kappa shape index (κ1) is 17.4. The first-order valence-corrected chi connectivity index (χ1v) is 7.64. The highest BCUT2D eigenvalue weighted by Gasteiger charge is 2.36. The minimum atomic E-state index is -0.672. The Morgan fingerprint density at radius 3 is 2.55 bits per heavy atom. The van der Waals surface area contributed by atoms with Crippen LogP contribution in [-0.2, 0) is 9.53 Å². The number of esters is 1. The maximum atomic E-state index is 11.7. The van der Waals surface area contributed by atoms with Gasteiger partial charge in [0, 0.05) is 19.1 Å². The normalized spacial score (nSPS) is 28.4. The molecule has 5 heteroatoms. The summed E-state index contributed by atoms with van der Waals surface area (Å²) in [5.74, 6) is -0.139. The fourth-order valence-corrected chi connectivity index (χ4v) is 2.52. The molecular formula is C15H30N2O3. The van der Waals surface area contributed by atoms with Crippen LogP contribution in [0.1, 0.15) is 39.5 Å². The Bertz CT molecular complexity index is 299. The lowest BCUT2D eigenvalue weighted by Crippen LogP contribution is -2.47. The Balaban J connectivity index is 2.29. The SMILES string of the molecule is CCOC(=O)C1CCC(O)(CNCC(C)N(C)C)CC1. The summed E-state index contributed by atoms with van der Waals surface area (Å²) in [7, 11) is 4.09. The standard InChI is InChI=1S/C15H30N2O3/c1-5-20-14(18)13-6-8-15(19,9-7-13)11-16-10-12(2)17(3)4/h12-13,16,19H,5-11H2,1-4H3. The van der Waals surface area contributed by atoms with Gasteiger partial charge in [-0.2, -0.15) is 0 Å². The maximum Gasteiger partial charge on any atom is 0.308 e. The van der Waals surface area contributed by atoms with Gasteiger partial charge in [0.1, 0.15) is 0 Å². The summed E-state index contributed by atoms with van der Waals surface area (Å²) in [4.78, 5) is 13.8. The second-order valence-corrected chi connectivity index (χ2v) is 6.19. The van der Waals surface area contributed by atoms with Crippen molar-refractivity contribution in [2.45, 2.75) is 51.2 Å². The molecule has 0 saturated heterocycles. The summed E-state index contributed by atoms with van der Waals surface area (Å²) in [5.41, 5.74) is -0.672. The number of nitrogens with zero attached hydrogens (tertiary/aromatic N) is 1. The van der Waals surface area contributed by atoms with Crippen molar-refractivity contribution < 1.29 is 14.6 Å². The van der Waals surface area contributed by atoms with Crippen molar-refractivity contribution in [3.8, 4) is 0 Å². The van der Waals surface area contributed by atoms with E-state index in [0.717, 1.165) is 19.4 Å². The molecule has 1 fully saturated rings. The van der Waals surface area contributed by atoms with Gasteiger partial charge >= 0.3 is 5.97 Å². The number of likely N-dealkylation sites (N-methyl/N-ethyl adjacent to an activating group) is 1. The quantitative estimate of drug-likeness (QED) is 0.684. The van der Waals surface area contributed by atoms with E-state index in [9.17, 15) is 9.90 Å². The number of rotatable bonds is 7. The van der Waals surface area contributed by atoms with E-state index < -0.39 is 5.60 Å². The molecule has 0 amide bonds. The van der Waals surface area contributed by atoms with Crippen molar-refractivity contribution in [3.63, 3.8) is 0 Å². The van der Waals surface area contributed by atoms with Crippen molar-refractivity contribution in [1.82, 2.24) is 10.2 Å². The number of carbonyl (C=O) groups excluding carboxylic acids is 1. The molecule has 0 radical (unpaired) electrons. The first-order valence-electron chi connectivity index (χ1n) is 7.64. The highest BCUT2D eigenvalue weighted by molar-refractivity contribution is 5.72. The molecular weight excluding hydrogens is 256 g/mol. The van der Waals surface area contributed by atoms with Gasteiger partial charge in [-0.1, -0.05) is 0 Å². The molecule has 1 unspecified atom stereocenters. The predicted molar refractivity (Wildman–Crippen MR) is 79.6 cm³/mol. The topological polar surface area (TPSA) is 61.8 Å². The van der Waals surface area contributed by atoms with Crippen LogP contribution in [-0.4, -0.2) is 61.4 Å². The highest BCUT2D eigenvalue weighted by Crippen LogP contribution is 2.32. The highest BCUT2D eigenvalue weighted by atomic mass is 16.5. The van der Waals surface area contributed by atoms with E-state index in [1.165, 1.54) is 0 Å². The Labute approximate surface area is 122 Å². The number of hydrogen-bond acceptors (Lipinski definition) is 5. The molecule has 0 bridgehead atoms. The zero-order valence-electron chi connectivity index (χ0n) is 13.3. The molecule has 1 atom stereocenters. The maximum absolute atomic E-state index is 11.7. The summed E-state index contributed by atoms with van der Waals surface area (Å²) < 4.78 is 5.05. The number of nitrogens with one attached hydrogen (secondary N) is 1. The van der Waals surface area contributed by atoms with Crippen LogP contribution < -0.4 is 5.32 Å². The molecule has 1 rings (SSSR count). The van der Waals surface area contributed by atoms with Crippen molar-refractivity contribution in [2.75, 3.05) is 33.8 Å². The minimum Gasteiger partial charge on any atom is -0.466 e. The molecule has 0 aromatic carbocycles. The average Bonchev–Trinajstić information content (AvgIpc) is 2.39. The van der Waals surface area contributed by atoms with Crippen LogP contribution in [0.5, 0.6) is 0 Å². The van der Waals surface area contributed by atoms with Gasteiger partial charge in [-0.15, -0.1) is 0 Å². The molecule has 0 aromatic heterocycles. The van der Waals surface area contributed by atoms with Gasteiger partial charge in [-0.25, -0.2) is 0 Å². The Morgan fingerprint density at radius 2 is 2.05 bits per heavy atom. The third-order valence-electron chi connectivity index (χ3n) is 4.31. The molecule has 0 aliphatic heterocycles. The summed E-state index contributed by atoms with van der Waals surface area (Å²) in [6, 6.07) is 0.439. The van der Waals surface area contributed by atoms with Crippen LogP contribution in [0, 0.1) is 5.92 Å². The van der Waals surface area contributed by atoms with Crippen LogP contribution in [0.4, 0.5) is 0 Å². The second-order valence-electron chi connectivity index (χ2n) is 6.19. The van der Waals surface area contributed by atoms with Gasteiger partial charge in [0.15, 0.2) is 0 Å². The van der Waals surface area contributed by atoms with E-state index in [1.54, 1.807) is 0 Å². The molecule has 118 valence electrons. The summed E-state index contributed by atoms with van der Waals surface area (Å²) >= 11 is 0. The zero-order valence-corrected chi connectivity index (χ0v) is 13.3. The van der Waals surface area contributed by atoms with Gasteiger partial charge in [0.2, 0.25) is 0 Å². The number of aliphatic hydroxyl groups is 1. The molecule has 1 aliphatic rings. The van der Waals surface area contributed by atoms with Crippen LogP contribution in [0.15, 0.2) is 0 Å². The Kier molecular flexibility index (Phi) is 6.92. The van der Waals surface area contributed by atoms with Gasteiger partial charge in [-0.05, 0) is 53.6 Å². The number of hydrogen-bond donors (Lipinski definition) is 2. The van der Waals surface area contributed by atoms with E-state index in [4.69, 9.17) is 4.74 Å². The second kappa shape index (κ2) is 7.96. The van der Waals surface area contributed by atoms with Crippen molar-refractivity contribution in [3.05, 3.63) is 0 Å². The molecule has 0 aromatic rings. The van der Waals surface area contributed by atoms with Crippen molar-refractivity contribution in [2.24, 2.45) is 5.92 Å². The minimum absolute atomic E-state index is 0.0316. The van der Waals surface area contributed by atoms with E-state index in [2.05, 4.69) is 17.1 Å². The van der Waals surface area contributed by atoms with E-state index >= 15 is 0 Å². The van der Waals surface area contributed by atoms with Crippen LogP contribution in [0.3, 0.4) is 0 Å². The molecule has 2 N–H and O–H groups in total. The Morgan fingerprint density at radius 1 is 1.45 bits per heavy atom. The molecule has 20 heavy (non-hydrogen) atoms. The lowest BCUT2D eigenvalue weighted by atomic mass is 9.78. The molecule has 1 aliphatic carbocycles. The van der Waals surface area contributed by atoms with Crippen molar-refractivity contribution >= 4 is 5.97 Å². The van der Waals surface area contributed by atoms with Gasteiger partial charge in [0.05, 0.1) is 18.1 Å². The number of ether oxygens (including phenoxy) is 1. The molecule has 0 heterocycles. The van der Waals surface area contributed by atoms with Crippen LogP contribution in [0.2, 0.25) is 0 Å². The predicted octanol–water partition coefficient (Wildman–Crippen LogP) is 1.01. The smallest absolute Gasteiger partial charge is 0.308 e. The largest absolute Gasteiger partial charge is 0.466 e. The van der Waals surface area contributed by atoms with Gasteiger partial charge < -0.3 is 20.1 Å². The van der Waals surface area contributed by atoms with Gasteiger partial charge in [-0.3, -0.25) is 4.79 Å². The van der Waals surface area contributed by atoms with Crippen molar-refractivity contribution in [1.29, 1.82) is 0 Å². The van der Waals surface area contributed by atoms with E-state index in [0.29, 0.717) is 32.0 Å². The molecule has 0 spiro atoms. The molecule has 5 nitrogen and oxygen atoms in total. The summed E-state index contributed by atoms with van der Waals surface area (Å²) in [5, 5.41) is 13.9. The lowest BCUT2D eigenvalue weighted by molar-refractivity contribution is -0.151. The zero-order chi connectivity index (χ0) is 15.2.